The second kappa shape index (κ2) is 5.22. The molecule has 1 heterocycles. The summed E-state index contributed by atoms with van der Waals surface area (Å²) in [5.74, 6) is 0.605. The Morgan fingerprint density at radius 1 is 1.29 bits per heavy atom. The van der Waals surface area contributed by atoms with Gasteiger partial charge in [-0.05, 0) is 40.2 Å². The van der Waals surface area contributed by atoms with E-state index < -0.39 is 0 Å². The summed E-state index contributed by atoms with van der Waals surface area (Å²) < 4.78 is 5.95. The number of benzene rings is 1. The lowest BCUT2D eigenvalue weighted by molar-refractivity contribution is 0.532. The maximum Gasteiger partial charge on any atom is 0.169 e. The van der Waals surface area contributed by atoms with Crippen molar-refractivity contribution in [1.29, 1.82) is 5.26 Å². The van der Waals surface area contributed by atoms with Crippen LogP contribution >= 0.6 is 27.5 Å². The monoisotopic (exact) mass is 307 g/mol. The molecule has 0 fully saturated rings. The lowest BCUT2D eigenvalue weighted by atomic mass is 10.1. The van der Waals surface area contributed by atoms with Gasteiger partial charge in [-0.1, -0.05) is 29.8 Å². The molecule has 0 aliphatic carbocycles. The van der Waals surface area contributed by atoms with Gasteiger partial charge in [-0.2, -0.15) is 5.26 Å². The van der Waals surface area contributed by atoms with Crippen LogP contribution < -0.4 is 0 Å². The van der Waals surface area contributed by atoms with Gasteiger partial charge >= 0.3 is 0 Å². The fourth-order valence-electron chi connectivity index (χ4n) is 1.40. The molecule has 0 atom stereocenters. The number of hydrogen-bond donors (Lipinski definition) is 0. The van der Waals surface area contributed by atoms with Crippen LogP contribution in [0.25, 0.3) is 11.6 Å². The van der Waals surface area contributed by atoms with Gasteiger partial charge < -0.3 is 4.42 Å². The Morgan fingerprint density at radius 2 is 2.06 bits per heavy atom. The van der Waals surface area contributed by atoms with E-state index in [1.807, 2.05) is 12.1 Å². The maximum atomic E-state index is 9.14. The summed E-state index contributed by atoms with van der Waals surface area (Å²) in [5, 5.41) is 9.69. The molecule has 0 N–H and O–H groups in total. The lowest BCUT2D eigenvalue weighted by Gasteiger charge is -2.00. The van der Waals surface area contributed by atoms with Crippen molar-refractivity contribution in [3.8, 4) is 6.07 Å². The van der Waals surface area contributed by atoms with Crippen molar-refractivity contribution in [2.75, 3.05) is 0 Å². The van der Waals surface area contributed by atoms with Crippen LogP contribution in [0.3, 0.4) is 0 Å². The molecule has 17 heavy (non-hydrogen) atoms. The number of allylic oxidation sites excluding steroid dienone is 1. The van der Waals surface area contributed by atoms with Crippen molar-refractivity contribution in [2.45, 2.75) is 0 Å². The summed E-state index contributed by atoms with van der Waals surface area (Å²) in [4.78, 5) is 0. The molecular formula is C13H7BrClNO. The van der Waals surface area contributed by atoms with E-state index in [1.54, 1.807) is 30.3 Å². The van der Waals surface area contributed by atoms with Gasteiger partial charge in [0.15, 0.2) is 4.67 Å². The molecule has 0 radical (unpaired) electrons. The summed E-state index contributed by atoms with van der Waals surface area (Å²) in [6, 6.07) is 12.9. The van der Waals surface area contributed by atoms with Gasteiger partial charge in [-0.15, -0.1) is 0 Å². The molecule has 2 rings (SSSR count). The highest BCUT2D eigenvalue weighted by Crippen LogP contribution is 2.26. The average Bonchev–Trinajstić information content (AvgIpc) is 2.73. The Balaban J connectivity index is 2.45. The maximum absolute atomic E-state index is 9.14. The minimum Gasteiger partial charge on any atom is -0.450 e. The lowest BCUT2D eigenvalue weighted by Crippen LogP contribution is -1.82. The zero-order chi connectivity index (χ0) is 12.3. The van der Waals surface area contributed by atoms with E-state index in [1.165, 1.54) is 0 Å². The van der Waals surface area contributed by atoms with E-state index in [4.69, 9.17) is 21.3 Å². The van der Waals surface area contributed by atoms with Crippen LogP contribution in [0.2, 0.25) is 5.02 Å². The predicted molar refractivity (Wildman–Crippen MR) is 71.3 cm³/mol. The first-order chi connectivity index (χ1) is 8.20. The zero-order valence-electron chi connectivity index (χ0n) is 8.65. The van der Waals surface area contributed by atoms with Crippen molar-refractivity contribution in [3.05, 3.63) is 57.4 Å². The third-order valence-corrected chi connectivity index (χ3v) is 2.92. The Kier molecular flexibility index (Phi) is 3.68. The smallest absolute Gasteiger partial charge is 0.169 e. The van der Waals surface area contributed by atoms with Gasteiger partial charge in [-0.25, -0.2) is 0 Å². The normalized spacial score (nSPS) is 11.2. The van der Waals surface area contributed by atoms with Gasteiger partial charge in [-0.3, -0.25) is 0 Å². The molecule has 0 spiro atoms. The van der Waals surface area contributed by atoms with Crippen LogP contribution in [0.4, 0.5) is 0 Å². The molecule has 1 aromatic carbocycles. The molecule has 2 nitrogen and oxygen atoms in total. The van der Waals surface area contributed by atoms with Crippen LogP contribution in [0.15, 0.2) is 45.5 Å². The molecule has 1 aromatic heterocycles. The average molecular weight is 309 g/mol. The number of halogens is 2. The van der Waals surface area contributed by atoms with Crippen LogP contribution in [0, 0.1) is 11.3 Å². The van der Waals surface area contributed by atoms with Gasteiger partial charge in [0, 0.05) is 10.6 Å². The van der Waals surface area contributed by atoms with Crippen LogP contribution in [0.5, 0.6) is 0 Å². The Morgan fingerprint density at radius 3 is 2.65 bits per heavy atom. The Hall–Kier alpha value is -1.50. The molecule has 0 saturated heterocycles. The molecule has 4 heteroatoms. The first-order valence-corrected chi connectivity index (χ1v) is 6.00. The summed E-state index contributed by atoms with van der Waals surface area (Å²) in [7, 11) is 0. The fourth-order valence-corrected chi connectivity index (χ4v) is 1.95. The first kappa shape index (κ1) is 12.0. The number of rotatable bonds is 2. The molecule has 2 aromatic rings. The second-order valence-corrected chi connectivity index (χ2v) is 4.48. The Labute approximate surface area is 112 Å². The topological polar surface area (TPSA) is 36.9 Å². The second-order valence-electron chi connectivity index (χ2n) is 3.29. The SMILES string of the molecule is N#CC(=Cc1ccc(Br)o1)c1ccccc1Cl. The fraction of sp³-hybridized carbons (Fsp3) is 0. The largest absolute Gasteiger partial charge is 0.450 e. The summed E-state index contributed by atoms with van der Waals surface area (Å²) >= 11 is 9.25. The predicted octanol–water partition coefficient (Wildman–Crippen LogP) is 4.76. The van der Waals surface area contributed by atoms with Crippen LogP contribution in [0.1, 0.15) is 11.3 Å². The quantitative estimate of drug-likeness (QED) is 0.750. The number of nitrogens with zero attached hydrogens (tertiary/aromatic N) is 1. The molecular weight excluding hydrogens is 302 g/mol. The van der Waals surface area contributed by atoms with E-state index in [2.05, 4.69) is 22.0 Å². The van der Waals surface area contributed by atoms with E-state index in [-0.39, 0.29) is 0 Å². The van der Waals surface area contributed by atoms with Gasteiger partial charge in [0.2, 0.25) is 0 Å². The molecule has 0 amide bonds. The van der Waals surface area contributed by atoms with Gasteiger partial charge in [0.05, 0.1) is 11.6 Å². The summed E-state index contributed by atoms with van der Waals surface area (Å²) in [6.45, 7) is 0. The molecule has 84 valence electrons. The van der Waals surface area contributed by atoms with Crippen molar-refractivity contribution in [3.63, 3.8) is 0 Å². The Bertz CT molecular complexity index is 610. The molecule has 0 unspecified atom stereocenters. The number of furan rings is 1. The highest BCUT2D eigenvalue weighted by atomic mass is 79.9. The number of hydrogen-bond acceptors (Lipinski definition) is 2. The molecule has 0 saturated carbocycles. The van der Waals surface area contributed by atoms with Crippen molar-refractivity contribution in [1.82, 2.24) is 0 Å². The van der Waals surface area contributed by atoms with Crippen LogP contribution in [-0.4, -0.2) is 0 Å². The molecule has 0 aliphatic rings. The summed E-state index contributed by atoms with van der Waals surface area (Å²) in [5.41, 5.74) is 1.17. The third kappa shape index (κ3) is 2.79. The van der Waals surface area contributed by atoms with E-state index >= 15 is 0 Å². The zero-order valence-corrected chi connectivity index (χ0v) is 11.0. The van der Waals surface area contributed by atoms with Crippen molar-refractivity contribution < 1.29 is 4.42 Å². The summed E-state index contributed by atoms with van der Waals surface area (Å²) in [6.07, 6.45) is 1.66. The minimum absolute atomic E-state index is 0.470. The number of nitriles is 1. The van der Waals surface area contributed by atoms with Crippen molar-refractivity contribution in [2.24, 2.45) is 0 Å². The van der Waals surface area contributed by atoms with Gasteiger partial charge in [0.1, 0.15) is 5.76 Å². The third-order valence-electron chi connectivity index (χ3n) is 2.17. The van der Waals surface area contributed by atoms with E-state index in [0.717, 1.165) is 0 Å². The minimum atomic E-state index is 0.470. The molecule has 0 bridgehead atoms. The standard InChI is InChI=1S/C13H7BrClNO/c14-13-6-5-10(17-13)7-9(8-16)11-3-1-2-4-12(11)15/h1-7H. The highest BCUT2D eigenvalue weighted by molar-refractivity contribution is 9.10. The van der Waals surface area contributed by atoms with E-state index in [0.29, 0.717) is 26.6 Å². The highest BCUT2D eigenvalue weighted by Gasteiger charge is 2.06. The van der Waals surface area contributed by atoms with Crippen molar-refractivity contribution >= 4 is 39.2 Å². The molecule has 0 aliphatic heterocycles. The van der Waals surface area contributed by atoms with Gasteiger partial charge in [0.25, 0.3) is 0 Å². The first-order valence-electron chi connectivity index (χ1n) is 4.83. The van der Waals surface area contributed by atoms with Crippen LogP contribution in [-0.2, 0) is 0 Å². The van der Waals surface area contributed by atoms with E-state index in [9.17, 15) is 0 Å².